The molecule has 1 aromatic rings. The van der Waals surface area contributed by atoms with Crippen molar-refractivity contribution in [2.45, 2.75) is 25.7 Å². The normalized spacial score (nSPS) is 18.9. The molecule has 1 aromatic heterocycles. The Kier molecular flexibility index (Phi) is 3.88. The minimum Gasteiger partial charge on any atom is -0.350 e. The molecule has 0 saturated carbocycles. The zero-order valence-electron chi connectivity index (χ0n) is 9.77. The molecule has 16 heavy (non-hydrogen) atoms. The molecule has 0 spiro atoms. The zero-order chi connectivity index (χ0) is 11.4. The average molecular weight is 222 g/mol. The van der Waals surface area contributed by atoms with E-state index in [0.29, 0.717) is 13.2 Å². The highest BCUT2D eigenvalue weighted by Crippen LogP contribution is 2.23. The number of hydrogen-bond acceptors (Lipinski definition) is 4. The molecule has 1 atom stereocenters. The van der Waals surface area contributed by atoms with Crippen LogP contribution in [0.25, 0.3) is 0 Å². The highest BCUT2D eigenvalue weighted by molar-refractivity contribution is 5.25. The second kappa shape index (κ2) is 5.39. The lowest BCUT2D eigenvalue weighted by molar-refractivity contribution is -0.0526. The van der Waals surface area contributed by atoms with Crippen LogP contribution in [0.3, 0.4) is 0 Å². The Labute approximate surface area is 96.0 Å². The molecule has 2 heterocycles. The molecule has 4 nitrogen and oxygen atoms in total. The van der Waals surface area contributed by atoms with Crippen LogP contribution in [0.2, 0.25) is 0 Å². The lowest BCUT2D eigenvalue weighted by Gasteiger charge is -2.20. The van der Waals surface area contributed by atoms with Gasteiger partial charge in [0, 0.05) is 24.9 Å². The van der Waals surface area contributed by atoms with E-state index < -0.39 is 0 Å². The Balaban J connectivity index is 2.06. The first kappa shape index (κ1) is 11.5. The second-order valence-corrected chi connectivity index (χ2v) is 3.98. The largest absolute Gasteiger partial charge is 0.350 e. The first-order valence-electron chi connectivity index (χ1n) is 5.62. The van der Waals surface area contributed by atoms with Crippen molar-refractivity contribution in [1.82, 2.24) is 10.3 Å². The van der Waals surface area contributed by atoms with Gasteiger partial charge in [-0.2, -0.15) is 0 Å². The van der Waals surface area contributed by atoms with E-state index in [1.165, 1.54) is 11.1 Å². The molecule has 1 N–H and O–H groups in total. The number of ether oxygens (including phenoxy) is 2. The number of aryl methyl sites for hydroxylation is 1. The number of rotatable bonds is 4. The van der Waals surface area contributed by atoms with Crippen LogP contribution in [0.15, 0.2) is 18.5 Å². The topological polar surface area (TPSA) is 43.4 Å². The third-order valence-corrected chi connectivity index (χ3v) is 2.92. The van der Waals surface area contributed by atoms with E-state index in [2.05, 4.69) is 17.2 Å². The van der Waals surface area contributed by atoms with Crippen molar-refractivity contribution in [3.8, 4) is 0 Å². The molecule has 0 bridgehead atoms. The van der Waals surface area contributed by atoms with Gasteiger partial charge in [0.15, 0.2) is 6.29 Å². The van der Waals surface area contributed by atoms with Crippen molar-refractivity contribution in [1.29, 1.82) is 0 Å². The minimum atomic E-state index is -0.0861. The molecule has 0 aliphatic carbocycles. The fraction of sp³-hybridized carbons (Fsp3) is 0.583. The lowest BCUT2D eigenvalue weighted by Crippen LogP contribution is -2.23. The Morgan fingerprint density at radius 1 is 1.50 bits per heavy atom. The minimum absolute atomic E-state index is 0.0861. The van der Waals surface area contributed by atoms with E-state index in [-0.39, 0.29) is 12.3 Å². The van der Waals surface area contributed by atoms with Crippen LogP contribution in [0.4, 0.5) is 0 Å². The van der Waals surface area contributed by atoms with E-state index in [4.69, 9.17) is 9.47 Å². The maximum absolute atomic E-state index is 5.46. The van der Waals surface area contributed by atoms with Crippen molar-refractivity contribution in [2.75, 3.05) is 20.3 Å². The summed E-state index contributed by atoms with van der Waals surface area (Å²) in [6.07, 6.45) is 4.46. The van der Waals surface area contributed by atoms with Crippen LogP contribution < -0.4 is 5.32 Å². The summed E-state index contributed by atoms with van der Waals surface area (Å²) in [4.78, 5) is 4.17. The van der Waals surface area contributed by atoms with Gasteiger partial charge in [-0.05, 0) is 31.2 Å². The van der Waals surface area contributed by atoms with Gasteiger partial charge < -0.3 is 14.8 Å². The molecule has 88 valence electrons. The van der Waals surface area contributed by atoms with Crippen molar-refractivity contribution < 1.29 is 9.47 Å². The summed E-state index contributed by atoms with van der Waals surface area (Å²) >= 11 is 0. The maximum Gasteiger partial charge on any atom is 0.159 e. The number of hydrogen-bond donors (Lipinski definition) is 1. The number of nitrogens with zero attached hydrogens (tertiary/aromatic N) is 1. The zero-order valence-corrected chi connectivity index (χ0v) is 9.77. The Bertz CT molecular complexity index is 338. The fourth-order valence-electron chi connectivity index (χ4n) is 1.98. The van der Waals surface area contributed by atoms with Crippen molar-refractivity contribution in [3.05, 3.63) is 29.6 Å². The van der Waals surface area contributed by atoms with Gasteiger partial charge in [0.05, 0.1) is 13.2 Å². The van der Waals surface area contributed by atoms with Crippen molar-refractivity contribution >= 4 is 0 Å². The van der Waals surface area contributed by atoms with E-state index >= 15 is 0 Å². The first-order valence-corrected chi connectivity index (χ1v) is 5.62. The summed E-state index contributed by atoms with van der Waals surface area (Å²) < 4.78 is 10.9. The SMILES string of the molecule is CNC(CC1OCCO1)c1cnccc1C. The Morgan fingerprint density at radius 2 is 2.25 bits per heavy atom. The summed E-state index contributed by atoms with van der Waals surface area (Å²) in [5.74, 6) is 0. The third kappa shape index (κ3) is 2.58. The Morgan fingerprint density at radius 3 is 2.88 bits per heavy atom. The molecule has 1 aliphatic rings. The maximum atomic E-state index is 5.46. The van der Waals surface area contributed by atoms with Gasteiger partial charge in [-0.15, -0.1) is 0 Å². The highest BCUT2D eigenvalue weighted by atomic mass is 16.7. The molecule has 1 aliphatic heterocycles. The average Bonchev–Trinajstić information content (AvgIpc) is 2.80. The molecule has 1 unspecified atom stereocenters. The molecular formula is C12H18N2O2. The molecule has 0 aromatic carbocycles. The number of pyridine rings is 1. The first-order chi connectivity index (χ1) is 7.81. The summed E-state index contributed by atoms with van der Waals surface area (Å²) in [5.41, 5.74) is 2.46. The van der Waals surface area contributed by atoms with Crippen molar-refractivity contribution in [3.63, 3.8) is 0 Å². The molecule has 1 saturated heterocycles. The van der Waals surface area contributed by atoms with Crippen molar-refractivity contribution in [2.24, 2.45) is 0 Å². The van der Waals surface area contributed by atoms with Gasteiger partial charge in [-0.3, -0.25) is 4.98 Å². The molecular weight excluding hydrogens is 204 g/mol. The monoisotopic (exact) mass is 222 g/mol. The number of aromatic nitrogens is 1. The third-order valence-electron chi connectivity index (χ3n) is 2.92. The molecule has 0 radical (unpaired) electrons. The van der Waals surface area contributed by atoms with Crippen LogP contribution in [0.5, 0.6) is 0 Å². The van der Waals surface area contributed by atoms with E-state index in [9.17, 15) is 0 Å². The summed E-state index contributed by atoms with van der Waals surface area (Å²) in [6.45, 7) is 3.50. The predicted octanol–water partition coefficient (Wildman–Crippen LogP) is 1.41. The summed E-state index contributed by atoms with van der Waals surface area (Å²) in [6, 6.07) is 2.26. The van der Waals surface area contributed by atoms with Gasteiger partial charge in [0.25, 0.3) is 0 Å². The van der Waals surface area contributed by atoms with Crippen LogP contribution >= 0.6 is 0 Å². The quantitative estimate of drug-likeness (QED) is 0.836. The second-order valence-electron chi connectivity index (χ2n) is 3.98. The molecule has 4 heteroatoms. The molecule has 2 rings (SSSR count). The van der Waals surface area contributed by atoms with E-state index in [0.717, 1.165) is 6.42 Å². The molecule has 1 fully saturated rings. The smallest absolute Gasteiger partial charge is 0.159 e. The van der Waals surface area contributed by atoms with Crippen LogP contribution in [0, 0.1) is 6.92 Å². The van der Waals surface area contributed by atoms with Gasteiger partial charge in [0.1, 0.15) is 0 Å². The van der Waals surface area contributed by atoms with Crippen LogP contribution in [-0.2, 0) is 9.47 Å². The summed E-state index contributed by atoms with van der Waals surface area (Å²) in [7, 11) is 1.95. The lowest BCUT2D eigenvalue weighted by atomic mass is 10.0. The van der Waals surface area contributed by atoms with E-state index in [1.807, 2.05) is 25.5 Å². The standard InChI is InChI=1S/C12H18N2O2/c1-9-3-4-14-8-10(9)11(13-2)7-12-15-5-6-16-12/h3-4,8,11-13H,5-7H2,1-2H3. The fourth-order valence-corrected chi connectivity index (χ4v) is 1.98. The number of nitrogens with one attached hydrogen (secondary N) is 1. The summed E-state index contributed by atoms with van der Waals surface area (Å²) in [5, 5.41) is 3.29. The van der Waals surface area contributed by atoms with Gasteiger partial charge in [0.2, 0.25) is 0 Å². The molecule has 0 amide bonds. The van der Waals surface area contributed by atoms with Gasteiger partial charge in [-0.1, -0.05) is 0 Å². The van der Waals surface area contributed by atoms with Gasteiger partial charge >= 0.3 is 0 Å². The predicted molar refractivity (Wildman–Crippen MR) is 61.1 cm³/mol. The van der Waals surface area contributed by atoms with Crippen LogP contribution in [0.1, 0.15) is 23.6 Å². The highest BCUT2D eigenvalue weighted by Gasteiger charge is 2.22. The van der Waals surface area contributed by atoms with Crippen LogP contribution in [-0.4, -0.2) is 31.5 Å². The van der Waals surface area contributed by atoms with Gasteiger partial charge in [-0.25, -0.2) is 0 Å². The Hall–Kier alpha value is -0.970. The van der Waals surface area contributed by atoms with E-state index in [1.54, 1.807) is 0 Å².